The molecule has 0 saturated carbocycles. The Kier molecular flexibility index (Phi) is 4.39. The van der Waals surface area contributed by atoms with Crippen molar-refractivity contribution in [1.29, 1.82) is 0 Å². The number of fused-ring (bicyclic) bond motifs is 1. The first-order valence-electron chi connectivity index (χ1n) is 6.63. The molecule has 1 atom stereocenters. The van der Waals surface area contributed by atoms with E-state index in [9.17, 15) is 0 Å². The third-order valence-corrected chi connectivity index (χ3v) is 3.21. The van der Waals surface area contributed by atoms with Crippen LogP contribution in [-0.2, 0) is 0 Å². The van der Waals surface area contributed by atoms with Gasteiger partial charge < -0.3 is 15.1 Å². The van der Waals surface area contributed by atoms with E-state index in [0.717, 1.165) is 29.8 Å². The van der Waals surface area contributed by atoms with E-state index in [4.69, 9.17) is 10.2 Å². The first-order chi connectivity index (χ1) is 8.70. The van der Waals surface area contributed by atoms with Gasteiger partial charge >= 0.3 is 0 Å². The quantitative estimate of drug-likeness (QED) is 0.851. The molecule has 18 heavy (non-hydrogen) atoms. The molecule has 1 heterocycles. The van der Waals surface area contributed by atoms with Crippen molar-refractivity contribution in [2.45, 2.75) is 25.8 Å². The third-order valence-electron chi connectivity index (χ3n) is 3.21. The molecule has 2 rings (SSSR count). The van der Waals surface area contributed by atoms with Crippen molar-refractivity contribution >= 4 is 11.0 Å². The molecule has 0 fully saturated rings. The molecule has 1 aromatic carbocycles. The lowest BCUT2D eigenvalue weighted by molar-refractivity contribution is 0.293. The molecule has 0 saturated heterocycles. The van der Waals surface area contributed by atoms with Crippen molar-refractivity contribution in [3.63, 3.8) is 0 Å². The highest BCUT2D eigenvalue weighted by Gasteiger charge is 2.13. The topological polar surface area (TPSA) is 42.4 Å². The van der Waals surface area contributed by atoms with Gasteiger partial charge in [-0.25, -0.2) is 0 Å². The Morgan fingerprint density at radius 1 is 1.33 bits per heavy atom. The molecule has 0 spiro atoms. The minimum atomic E-state index is -0.0562. The van der Waals surface area contributed by atoms with E-state index in [1.54, 1.807) is 0 Å². The summed E-state index contributed by atoms with van der Waals surface area (Å²) in [7, 11) is 2.11. The Bertz CT molecular complexity index is 459. The number of likely N-dealkylation sites (N-methyl/N-ethyl adjacent to an activating group) is 1. The molecule has 0 aliphatic heterocycles. The van der Waals surface area contributed by atoms with E-state index in [0.29, 0.717) is 0 Å². The number of rotatable bonds is 6. The zero-order valence-electron chi connectivity index (χ0n) is 11.2. The minimum Gasteiger partial charge on any atom is -0.459 e. The van der Waals surface area contributed by atoms with E-state index < -0.39 is 0 Å². The number of para-hydroxylation sites is 1. The third kappa shape index (κ3) is 3.12. The molecule has 0 amide bonds. The molecule has 1 aromatic heterocycles. The van der Waals surface area contributed by atoms with Crippen molar-refractivity contribution in [3.05, 3.63) is 36.1 Å². The van der Waals surface area contributed by atoms with E-state index >= 15 is 0 Å². The molecule has 2 aromatic rings. The van der Waals surface area contributed by atoms with Gasteiger partial charge in [-0.3, -0.25) is 0 Å². The van der Waals surface area contributed by atoms with Crippen LogP contribution < -0.4 is 5.73 Å². The van der Waals surface area contributed by atoms with E-state index in [1.165, 1.54) is 12.8 Å². The normalized spacial score (nSPS) is 13.3. The summed E-state index contributed by atoms with van der Waals surface area (Å²) in [5, 5.41) is 1.12. The molecule has 3 nitrogen and oxygen atoms in total. The Morgan fingerprint density at radius 3 is 2.83 bits per heavy atom. The zero-order valence-corrected chi connectivity index (χ0v) is 11.2. The Balaban J connectivity index is 2.01. The van der Waals surface area contributed by atoms with Gasteiger partial charge in [0.15, 0.2) is 0 Å². The molecular formula is C15H22N2O. The first-order valence-corrected chi connectivity index (χ1v) is 6.63. The predicted octanol–water partition coefficient (Wildman–Crippen LogP) is 3.16. The molecule has 1 unspecified atom stereocenters. The largest absolute Gasteiger partial charge is 0.459 e. The second-order valence-electron chi connectivity index (χ2n) is 4.91. The lowest BCUT2D eigenvalue weighted by atomic mass is 10.2. The van der Waals surface area contributed by atoms with Crippen LogP contribution in [0.3, 0.4) is 0 Å². The maximum atomic E-state index is 6.20. The van der Waals surface area contributed by atoms with E-state index in [-0.39, 0.29) is 6.04 Å². The minimum absolute atomic E-state index is 0.0562. The molecule has 0 aliphatic rings. The summed E-state index contributed by atoms with van der Waals surface area (Å²) in [4.78, 5) is 2.27. The van der Waals surface area contributed by atoms with Crippen molar-refractivity contribution in [3.8, 4) is 0 Å². The van der Waals surface area contributed by atoms with Crippen LogP contribution in [0.4, 0.5) is 0 Å². The maximum Gasteiger partial charge on any atom is 0.134 e. The van der Waals surface area contributed by atoms with Crippen LogP contribution in [0, 0.1) is 0 Å². The van der Waals surface area contributed by atoms with Crippen molar-refractivity contribution in [2.24, 2.45) is 5.73 Å². The van der Waals surface area contributed by atoms with Gasteiger partial charge in [-0.15, -0.1) is 0 Å². The molecule has 0 bridgehead atoms. The van der Waals surface area contributed by atoms with Gasteiger partial charge in [0.05, 0.1) is 6.04 Å². The fourth-order valence-corrected chi connectivity index (χ4v) is 2.13. The summed E-state index contributed by atoms with van der Waals surface area (Å²) in [6.07, 6.45) is 2.42. The molecular weight excluding hydrogens is 224 g/mol. The van der Waals surface area contributed by atoms with Gasteiger partial charge in [-0.1, -0.05) is 31.5 Å². The summed E-state index contributed by atoms with van der Waals surface area (Å²) >= 11 is 0. The van der Waals surface area contributed by atoms with E-state index in [2.05, 4.69) is 24.9 Å². The van der Waals surface area contributed by atoms with Crippen LogP contribution in [0.2, 0.25) is 0 Å². The van der Waals surface area contributed by atoms with Gasteiger partial charge in [0.1, 0.15) is 11.3 Å². The number of nitrogens with two attached hydrogens (primary N) is 1. The fraction of sp³-hybridized carbons (Fsp3) is 0.467. The lowest BCUT2D eigenvalue weighted by Gasteiger charge is -2.19. The van der Waals surface area contributed by atoms with Crippen LogP contribution in [0.25, 0.3) is 11.0 Å². The predicted molar refractivity (Wildman–Crippen MR) is 75.5 cm³/mol. The number of benzene rings is 1. The highest BCUT2D eigenvalue weighted by Crippen LogP contribution is 2.22. The van der Waals surface area contributed by atoms with Crippen LogP contribution in [-0.4, -0.2) is 25.0 Å². The molecule has 3 heteroatoms. The van der Waals surface area contributed by atoms with Crippen LogP contribution in [0.1, 0.15) is 31.6 Å². The molecule has 0 aliphatic carbocycles. The van der Waals surface area contributed by atoms with Crippen LogP contribution >= 0.6 is 0 Å². The summed E-state index contributed by atoms with van der Waals surface area (Å²) in [5.74, 6) is 0.875. The van der Waals surface area contributed by atoms with Crippen LogP contribution in [0.5, 0.6) is 0 Å². The maximum absolute atomic E-state index is 6.20. The SMILES string of the molecule is CCCCN(C)CC(N)c1cc2ccccc2o1. The Morgan fingerprint density at radius 2 is 2.11 bits per heavy atom. The van der Waals surface area contributed by atoms with Gasteiger partial charge in [0.2, 0.25) is 0 Å². The molecule has 0 radical (unpaired) electrons. The number of nitrogens with zero attached hydrogens (tertiary/aromatic N) is 1. The van der Waals surface area contributed by atoms with Gasteiger partial charge in [-0.05, 0) is 32.1 Å². The fourth-order valence-electron chi connectivity index (χ4n) is 2.13. The average Bonchev–Trinajstić information content (AvgIpc) is 2.80. The first kappa shape index (κ1) is 13.1. The number of hydrogen-bond acceptors (Lipinski definition) is 3. The molecule has 98 valence electrons. The standard InChI is InChI=1S/C15H22N2O/c1-3-4-9-17(2)11-13(16)15-10-12-7-5-6-8-14(12)18-15/h5-8,10,13H,3-4,9,11,16H2,1-2H3. The number of unbranched alkanes of at least 4 members (excludes halogenated alkanes) is 1. The second kappa shape index (κ2) is 6.03. The highest BCUT2D eigenvalue weighted by molar-refractivity contribution is 5.77. The van der Waals surface area contributed by atoms with E-state index in [1.807, 2.05) is 24.3 Å². The van der Waals surface area contributed by atoms with Crippen molar-refractivity contribution in [1.82, 2.24) is 4.90 Å². The number of hydrogen-bond donors (Lipinski definition) is 1. The van der Waals surface area contributed by atoms with Crippen molar-refractivity contribution in [2.75, 3.05) is 20.1 Å². The smallest absolute Gasteiger partial charge is 0.134 e. The monoisotopic (exact) mass is 246 g/mol. The van der Waals surface area contributed by atoms with Gasteiger partial charge in [-0.2, -0.15) is 0 Å². The second-order valence-corrected chi connectivity index (χ2v) is 4.91. The lowest BCUT2D eigenvalue weighted by Crippen LogP contribution is -2.29. The zero-order chi connectivity index (χ0) is 13.0. The van der Waals surface area contributed by atoms with Gasteiger partial charge in [0.25, 0.3) is 0 Å². The Hall–Kier alpha value is -1.32. The number of furan rings is 1. The Labute approximate surface area is 109 Å². The van der Waals surface area contributed by atoms with Crippen LogP contribution in [0.15, 0.2) is 34.7 Å². The summed E-state index contributed by atoms with van der Waals surface area (Å²) in [6.45, 7) is 4.12. The summed E-state index contributed by atoms with van der Waals surface area (Å²) in [6, 6.07) is 10.0. The van der Waals surface area contributed by atoms with Gasteiger partial charge in [0, 0.05) is 11.9 Å². The summed E-state index contributed by atoms with van der Waals surface area (Å²) < 4.78 is 5.78. The highest BCUT2D eigenvalue weighted by atomic mass is 16.3. The average molecular weight is 246 g/mol. The van der Waals surface area contributed by atoms with Crippen molar-refractivity contribution < 1.29 is 4.42 Å². The summed E-state index contributed by atoms with van der Waals surface area (Å²) in [5.41, 5.74) is 7.11. The molecule has 2 N–H and O–H groups in total.